The van der Waals surface area contributed by atoms with E-state index in [0.29, 0.717) is 10.8 Å². The van der Waals surface area contributed by atoms with Gasteiger partial charge in [0.2, 0.25) is 5.91 Å². The van der Waals surface area contributed by atoms with Gasteiger partial charge in [0, 0.05) is 30.1 Å². The van der Waals surface area contributed by atoms with Gasteiger partial charge in [0.25, 0.3) is 0 Å². The third-order valence-electron chi connectivity index (χ3n) is 4.11. The van der Waals surface area contributed by atoms with Gasteiger partial charge in [-0.25, -0.2) is 14.5 Å². The number of rotatable bonds is 7. The van der Waals surface area contributed by atoms with E-state index in [9.17, 15) is 9.59 Å². The number of nitrogens with one attached hydrogen (secondary N) is 1. The number of benzene rings is 1. The third kappa shape index (κ3) is 5.33. The Kier molecular flexibility index (Phi) is 6.34. The van der Waals surface area contributed by atoms with Crippen LogP contribution in [-0.4, -0.2) is 26.6 Å². The number of hydrogen-bond acceptors (Lipinski definition) is 7. The van der Waals surface area contributed by atoms with E-state index in [0.717, 1.165) is 21.8 Å². The summed E-state index contributed by atoms with van der Waals surface area (Å²) in [5.74, 6) is -0.683. The molecule has 4 rings (SSSR count). The molecule has 0 saturated heterocycles. The number of amides is 1. The number of esters is 1. The number of hydrogen-bond donors (Lipinski definition) is 1. The second kappa shape index (κ2) is 9.50. The average molecular weight is 451 g/mol. The van der Waals surface area contributed by atoms with Gasteiger partial charge >= 0.3 is 5.97 Å². The fourth-order valence-electron chi connectivity index (χ4n) is 2.76. The number of carbonyl (C=O) groups is 2. The zero-order valence-electron chi connectivity index (χ0n) is 16.5. The predicted molar refractivity (Wildman–Crippen MR) is 122 cm³/mol. The molecule has 3 aromatic heterocycles. The van der Waals surface area contributed by atoms with Gasteiger partial charge in [-0.15, -0.1) is 22.7 Å². The van der Waals surface area contributed by atoms with Gasteiger partial charge < -0.3 is 10.1 Å². The zero-order chi connectivity index (χ0) is 21.6. The summed E-state index contributed by atoms with van der Waals surface area (Å²) in [5, 5.41) is 11.5. The largest absolute Gasteiger partial charge is 0.456 e. The van der Waals surface area contributed by atoms with Crippen molar-refractivity contribution < 1.29 is 14.3 Å². The summed E-state index contributed by atoms with van der Waals surface area (Å²) in [7, 11) is 0. The highest BCUT2D eigenvalue weighted by atomic mass is 32.1. The fourth-order valence-corrected chi connectivity index (χ4v) is 4.23. The van der Waals surface area contributed by atoms with E-state index in [4.69, 9.17) is 9.84 Å². The molecule has 0 fully saturated rings. The van der Waals surface area contributed by atoms with Crippen LogP contribution in [0.25, 0.3) is 22.3 Å². The highest BCUT2D eigenvalue weighted by Gasteiger charge is 2.12. The van der Waals surface area contributed by atoms with Crippen molar-refractivity contribution in [2.75, 3.05) is 5.32 Å². The lowest BCUT2D eigenvalue weighted by Gasteiger charge is -1.99. The minimum atomic E-state index is -0.487. The van der Waals surface area contributed by atoms with E-state index >= 15 is 0 Å². The van der Waals surface area contributed by atoms with Crippen LogP contribution in [0.3, 0.4) is 0 Å². The first-order valence-electron chi connectivity index (χ1n) is 9.34. The lowest BCUT2D eigenvalue weighted by atomic mass is 10.2. The van der Waals surface area contributed by atoms with Crippen molar-refractivity contribution in [3.05, 3.63) is 76.8 Å². The van der Waals surface area contributed by atoms with Gasteiger partial charge in [-0.3, -0.25) is 4.79 Å². The molecular formula is C22H18N4O3S2. The lowest BCUT2D eigenvalue weighted by molar-refractivity contribution is -0.139. The first-order chi connectivity index (χ1) is 15.1. The van der Waals surface area contributed by atoms with Crippen LogP contribution < -0.4 is 5.32 Å². The number of anilines is 1. The van der Waals surface area contributed by atoms with E-state index in [2.05, 4.69) is 10.3 Å². The molecule has 3 heterocycles. The summed E-state index contributed by atoms with van der Waals surface area (Å²) >= 11 is 2.86. The third-order valence-corrected chi connectivity index (χ3v) is 5.80. The lowest BCUT2D eigenvalue weighted by Crippen LogP contribution is -2.06. The van der Waals surface area contributed by atoms with Crippen molar-refractivity contribution in [1.82, 2.24) is 14.8 Å². The Hall–Kier alpha value is -3.56. The molecule has 0 saturated carbocycles. The molecule has 31 heavy (non-hydrogen) atoms. The molecule has 0 bridgehead atoms. The zero-order valence-corrected chi connectivity index (χ0v) is 18.2. The van der Waals surface area contributed by atoms with Crippen molar-refractivity contribution >= 4 is 45.8 Å². The summed E-state index contributed by atoms with van der Waals surface area (Å²) in [5.41, 5.74) is 3.11. The van der Waals surface area contributed by atoms with Gasteiger partial charge in [-0.2, -0.15) is 5.10 Å². The quantitative estimate of drug-likeness (QED) is 0.324. The Balaban J connectivity index is 1.47. The van der Waals surface area contributed by atoms with Crippen LogP contribution in [0, 0.1) is 0 Å². The maximum absolute atomic E-state index is 12.2. The SMILES string of the molecule is CC(=O)Nc1nc(COC(=O)/C=C/c2cn(-c3ccccc3)nc2-c2cccs2)cs1. The summed E-state index contributed by atoms with van der Waals surface area (Å²) in [6, 6.07) is 13.7. The molecule has 9 heteroatoms. The second-order valence-electron chi connectivity index (χ2n) is 6.46. The number of para-hydroxylation sites is 1. The minimum absolute atomic E-state index is 0.0281. The highest BCUT2D eigenvalue weighted by Crippen LogP contribution is 2.28. The van der Waals surface area contributed by atoms with Crippen LogP contribution in [0.5, 0.6) is 0 Å². The van der Waals surface area contributed by atoms with Crippen molar-refractivity contribution in [1.29, 1.82) is 0 Å². The number of carbonyl (C=O) groups excluding carboxylic acids is 2. The summed E-state index contributed by atoms with van der Waals surface area (Å²) in [6.07, 6.45) is 4.96. The van der Waals surface area contributed by atoms with E-state index < -0.39 is 5.97 Å². The molecule has 156 valence electrons. The van der Waals surface area contributed by atoms with Crippen LogP contribution in [0.15, 0.2) is 65.5 Å². The molecule has 0 aliphatic carbocycles. The van der Waals surface area contributed by atoms with Crippen LogP contribution >= 0.6 is 22.7 Å². The Bertz CT molecular complexity index is 1210. The Morgan fingerprint density at radius 3 is 2.74 bits per heavy atom. The van der Waals surface area contributed by atoms with E-state index in [1.54, 1.807) is 27.5 Å². The van der Waals surface area contributed by atoms with Crippen molar-refractivity contribution in [2.24, 2.45) is 0 Å². The summed E-state index contributed by atoms with van der Waals surface area (Å²) in [4.78, 5) is 28.5. The number of thiophene rings is 1. The molecule has 1 amide bonds. The van der Waals surface area contributed by atoms with E-state index in [1.165, 1.54) is 24.3 Å². The molecular weight excluding hydrogens is 432 g/mol. The Labute approximate surface area is 186 Å². The molecule has 0 unspecified atom stereocenters. The van der Waals surface area contributed by atoms with Gasteiger partial charge in [0.15, 0.2) is 5.13 Å². The molecule has 0 radical (unpaired) electrons. The van der Waals surface area contributed by atoms with Gasteiger partial charge in [0.05, 0.1) is 16.3 Å². The summed E-state index contributed by atoms with van der Waals surface area (Å²) in [6.45, 7) is 1.44. The van der Waals surface area contributed by atoms with Crippen LogP contribution in [0.1, 0.15) is 18.2 Å². The Morgan fingerprint density at radius 1 is 1.16 bits per heavy atom. The van der Waals surface area contributed by atoms with Gasteiger partial charge in [-0.1, -0.05) is 24.3 Å². The molecule has 0 spiro atoms. The second-order valence-corrected chi connectivity index (χ2v) is 8.26. The number of aromatic nitrogens is 3. The van der Waals surface area contributed by atoms with Crippen LogP contribution in [0.4, 0.5) is 5.13 Å². The number of thiazole rings is 1. The monoisotopic (exact) mass is 450 g/mol. The van der Waals surface area contributed by atoms with Crippen molar-refractivity contribution in [3.8, 4) is 16.3 Å². The predicted octanol–water partition coefficient (Wildman–Crippen LogP) is 4.77. The molecule has 0 atom stereocenters. The number of nitrogens with zero attached hydrogens (tertiary/aromatic N) is 3. The van der Waals surface area contributed by atoms with Gasteiger partial charge in [-0.05, 0) is 29.7 Å². The smallest absolute Gasteiger partial charge is 0.331 e. The summed E-state index contributed by atoms with van der Waals surface area (Å²) < 4.78 is 7.06. The van der Waals surface area contributed by atoms with Crippen LogP contribution in [0.2, 0.25) is 0 Å². The maximum atomic E-state index is 12.2. The van der Waals surface area contributed by atoms with Gasteiger partial charge in [0.1, 0.15) is 12.3 Å². The fraction of sp³-hybridized carbons (Fsp3) is 0.0909. The Morgan fingerprint density at radius 2 is 2.00 bits per heavy atom. The molecule has 4 aromatic rings. The maximum Gasteiger partial charge on any atom is 0.331 e. The van der Waals surface area contributed by atoms with Crippen LogP contribution in [-0.2, 0) is 20.9 Å². The molecule has 1 N–H and O–H groups in total. The van der Waals surface area contributed by atoms with E-state index in [1.807, 2.05) is 54.0 Å². The molecule has 7 nitrogen and oxygen atoms in total. The number of ether oxygens (including phenoxy) is 1. The topological polar surface area (TPSA) is 86.1 Å². The van der Waals surface area contributed by atoms with Crippen molar-refractivity contribution in [2.45, 2.75) is 13.5 Å². The molecule has 0 aliphatic rings. The standard InChI is InChI=1S/C22H18N4O3S2/c1-15(27)23-22-24-17(14-31-22)13-29-20(28)10-9-16-12-26(18-6-3-2-4-7-18)25-21(16)19-8-5-11-30-19/h2-12,14H,13H2,1H3,(H,23,24,27)/b10-9+. The molecule has 1 aromatic carbocycles. The first-order valence-corrected chi connectivity index (χ1v) is 11.1. The first kappa shape index (κ1) is 20.7. The normalized spacial score (nSPS) is 11.0. The van der Waals surface area contributed by atoms with Crippen molar-refractivity contribution in [3.63, 3.8) is 0 Å². The highest BCUT2D eigenvalue weighted by molar-refractivity contribution is 7.14. The molecule has 0 aliphatic heterocycles. The average Bonchev–Trinajstić information content (AvgIpc) is 3.51. The minimum Gasteiger partial charge on any atom is -0.456 e. The van der Waals surface area contributed by atoms with E-state index in [-0.39, 0.29) is 12.5 Å².